The third-order valence-corrected chi connectivity index (χ3v) is 3.25. The van der Waals surface area contributed by atoms with Gasteiger partial charge in [0.2, 0.25) is 5.91 Å². The smallest absolute Gasteiger partial charge is 0.335 e. The predicted molar refractivity (Wildman–Crippen MR) is 70.4 cm³/mol. The average molecular weight is 268 g/mol. The van der Waals surface area contributed by atoms with Crippen LogP contribution >= 0.6 is 12.6 Å². The van der Waals surface area contributed by atoms with Crippen LogP contribution in [0.4, 0.5) is 0 Å². The molecule has 0 bridgehead atoms. The van der Waals surface area contributed by atoms with Gasteiger partial charge in [-0.2, -0.15) is 12.6 Å². The largest absolute Gasteiger partial charge is 0.479 e. The van der Waals surface area contributed by atoms with E-state index in [9.17, 15) is 14.7 Å². The van der Waals surface area contributed by atoms with Crippen molar-refractivity contribution in [2.45, 2.75) is 19.4 Å². The highest BCUT2D eigenvalue weighted by atomic mass is 32.1. The lowest BCUT2D eigenvalue weighted by Crippen LogP contribution is -2.51. The predicted octanol–water partition coefficient (Wildman–Crippen LogP) is 1.06. The third-order valence-electron chi connectivity index (χ3n) is 2.70. The van der Waals surface area contributed by atoms with E-state index in [0.29, 0.717) is 5.75 Å². The Hall–Kier alpha value is -1.56. The molecule has 1 aromatic heterocycles. The van der Waals surface area contributed by atoms with Crippen molar-refractivity contribution >= 4 is 24.5 Å². The summed E-state index contributed by atoms with van der Waals surface area (Å²) >= 11 is 4.02. The standard InChI is InChI=1S/C12H16N2O3S/c1-8(7-18)10(15)14-12(2,11(16)17)9-5-3-4-6-13-9/h3-6,8,18H,7H2,1-2H3,(H,14,15)(H,16,17)/t8?,12-/m1/s1. The maximum Gasteiger partial charge on any atom is 0.335 e. The highest BCUT2D eigenvalue weighted by Gasteiger charge is 2.38. The van der Waals surface area contributed by atoms with E-state index in [1.54, 1.807) is 25.1 Å². The van der Waals surface area contributed by atoms with E-state index in [2.05, 4.69) is 22.9 Å². The van der Waals surface area contributed by atoms with Crippen molar-refractivity contribution < 1.29 is 14.7 Å². The molecule has 0 spiro atoms. The summed E-state index contributed by atoms with van der Waals surface area (Å²) < 4.78 is 0. The van der Waals surface area contributed by atoms with Gasteiger partial charge in [-0.05, 0) is 19.1 Å². The van der Waals surface area contributed by atoms with Crippen molar-refractivity contribution in [2.75, 3.05) is 5.75 Å². The lowest BCUT2D eigenvalue weighted by atomic mass is 9.96. The minimum atomic E-state index is -1.53. The van der Waals surface area contributed by atoms with Gasteiger partial charge in [-0.1, -0.05) is 13.0 Å². The summed E-state index contributed by atoms with van der Waals surface area (Å²) in [5.41, 5.74) is -1.24. The van der Waals surface area contributed by atoms with E-state index in [1.807, 2.05) is 0 Å². The first-order chi connectivity index (χ1) is 8.41. The van der Waals surface area contributed by atoms with Gasteiger partial charge in [0.15, 0.2) is 5.54 Å². The number of pyridine rings is 1. The molecule has 1 heterocycles. The SMILES string of the molecule is CC(CS)C(=O)N[C@@](C)(C(=O)O)c1ccccn1. The van der Waals surface area contributed by atoms with Crippen molar-refractivity contribution in [3.8, 4) is 0 Å². The number of carbonyl (C=O) groups is 2. The molecule has 0 saturated heterocycles. The molecule has 0 aliphatic carbocycles. The lowest BCUT2D eigenvalue weighted by molar-refractivity contribution is -0.148. The van der Waals surface area contributed by atoms with Crippen LogP contribution < -0.4 is 5.32 Å². The second-order valence-electron chi connectivity index (χ2n) is 4.22. The maximum atomic E-state index is 11.8. The first-order valence-corrected chi connectivity index (χ1v) is 6.13. The number of hydrogen-bond acceptors (Lipinski definition) is 4. The summed E-state index contributed by atoms with van der Waals surface area (Å²) in [5.74, 6) is -1.53. The fraction of sp³-hybridized carbons (Fsp3) is 0.417. The average Bonchev–Trinajstić information content (AvgIpc) is 2.38. The van der Waals surface area contributed by atoms with Gasteiger partial charge in [-0.15, -0.1) is 0 Å². The molecule has 2 atom stereocenters. The summed E-state index contributed by atoms with van der Waals surface area (Å²) in [5, 5.41) is 11.8. The summed E-state index contributed by atoms with van der Waals surface area (Å²) in [4.78, 5) is 27.2. The summed E-state index contributed by atoms with van der Waals surface area (Å²) in [6, 6.07) is 4.93. The number of aliphatic carboxylic acids is 1. The van der Waals surface area contributed by atoms with Crippen LogP contribution in [-0.4, -0.2) is 27.7 Å². The van der Waals surface area contributed by atoms with Crippen molar-refractivity contribution in [3.05, 3.63) is 30.1 Å². The molecule has 5 nitrogen and oxygen atoms in total. The number of nitrogens with zero attached hydrogens (tertiary/aromatic N) is 1. The molecular formula is C12H16N2O3S. The van der Waals surface area contributed by atoms with Crippen molar-refractivity contribution in [1.82, 2.24) is 10.3 Å². The van der Waals surface area contributed by atoms with Gasteiger partial charge in [0.25, 0.3) is 0 Å². The quantitative estimate of drug-likeness (QED) is 0.698. The second kappa shape index (κ2) is 5.86. The number of hydrogen-bond donors (Lipinski definition) is 3. The molecule has 1 unspecified atom stereocenters. The van der Waals surface area contributed by atoms with E-state index in [1.165, 1.54) is 13.1 Å². The Kier molecular flexibility index (Phi) is 4.72. The number of nitrogens with one attached hydrogen (secondary N) is 1. The van der Waals surface area contributed by atoms with Crippen LogP contribution in [0.2, 0.25) is 0 Å². The van der Waals surface area contributed by atoms with Crippen LogP contribution in [0.1, 0.15) is 19.5 Å². The Morgan fingerprint density at radius 1 is 1.56 bits per heavy atom. The van der Waals surface area contributed by atoms with Crippen molar-refractivity contribution in [2.24, 2.45) is 5.92 Å². The highest BCUT2D eigenvalue weighted by Crippen LogP contribution is 2.19. The Bertz CT molecular complexity index is 438. The second-order valence-corrected chi connectivity index (χ2v) is 4.58. The van der Waals surface area contributed by atoms with E-state index in [-0.39, 0.29) is 17.5 Å². The van der Waals surface area contributed by atoms with Crippen molar-refractivity contribution in [3.63, 3.8) is 0 Å². The zero-order valence-electron chi connectivity index (χ0n) is 10.3. The molecule has 0 aromatic carbocycles. The minimum Gasteiger partial charge on any atom is -0.479 e. The third kappa shape index (κ3) is 3.01. The minimum absolute atomic E-state index is 0.289. The summed E-state index contributed by atoms with van der Waals surface area (Å²) in [6.07, 6.45) is 1.49. The van der Waals surface area contributed by atoms with Crippen LogP contribution in [0.3, 0.4) is 0 Å². The molecule has 98 valence electrons. The van der Waals surface area contributed by atoms with Crippen LogP contribution in [0.5, 0.6) is 0 Å². The molecule has 2 N–H and O–H groups in total. The first-order valence-electron chi connectivity index (χ1n) is 5.49. The Morgan fingerprint density at radius 3 is 2.67 bits per heavy atom. The van der Waals surface area contributed by atoms with Crippen LogP contribution in [0, 0.1) is 5.92 Å². The topological polar surface area (TPSA) is 79.3 Å². The lowest BCUT2D eigenvalue weighted by Gasteiger charge is -2.26. The molecule has 18 heavy (non-hydrogen) atoms. The van der Waals surface area contributed by atoms with E-state index >= 15 is 0 Å². The van der Waals surface area contributed by atoms with Gasteiger partial charge in [0, 0.05) is 17.9 Å². The molecule has 1 aromatic rings. The Morgan fingerprint density at radius 2 is 2.22 bits per heavy atom. The number of thiol groups is 1. The van der Waals surface area contributed by atoms with Crippen LogP contribution in [0.15, 0.2) is 24.4 Å². The monoisotopic (exact) mass is 268 g/mol. The molecular weight excluding hydrogens is 252 g/mol. The zero-order valence-corrected chi connectivity index (χ0v) is 11.1. The molecule has 0 fully saturated rings. The number of aromatic nitrogens is 1. The number of amides is 1. The molecule has 0 aliphatic heterocycles. The van der Waals surface area contributed by atoms with E-state index < -0.39 is 11.5 Å². The van der Waals surface area contributed by atoms with Gasteiger partial charge >= 0.3 is 5.97 Å². The van der Waals surface area contributed by atoms with Gasteiger partial charge in [0.1, 0.15) is 0 Å². The van der Waals surface area contributed by atoms with Crippen molar-refractivity contribution in [1.29, 1.82) is 0 Å². The molecule has 1 rings (SSSR count). The number of carboxylic acid groups (broad SMARTS) is 1. The Labute approximate surface area is 111 Å². The Balaban J connectivity index is 3.03. The molecule has 6 heteroatoms. The van der Waals surface area contributed by atoms with Crippen LogP contribution in [0.25, 0.3) is 0 Å². The number of carboxylic acids is 1. The first kappa shape index (κ1) is 14.5. The van der Waals surface area contributed by atoms with E-state index in [0.717, 1.165) is 0 Å². The zero-order chi connectivity index (χ0) is 13.8. The normalized spacial score (nSPS) is 15.5. The van der Waals surface area contributed by atoms with Gasteiger partial charge in [-0.3, -0.25) is 9.78 Å². The molecule has 0 radical (unpaired) electrons. The molecule has 1 amide bonds. The molecule has 0 saturated carbocycles. The van der Waals surface area contributed by atoms with E-state index in [4.69, 9.17) is 0 Å². The highest BCUT2D eigenvalue weighted by molar-refractivity contribution is 7.80. The fourth-order valence-corrected chi connectivity index (χ4v) is 1.50. The summed E-state index contributed by atoms with van der Waals surface area (Å²) in [6.45, 7) is 3.10. The maximum absolute atomic E-state index is 11.8. The summed E-state index contributed by atoms with van der Waals surface area (Å²) in [7, 11) is 0. The number of rotatable bonds is 5. The van der Waals surface area contributed by atoms with Gasteiger partial charge < -0.3 is 10.4 Å². The molecule has 0 aliphatic rings. The van der Waals surface area contributed by atoms with Crippen LogP contribution in [-0.2, 0) is 15.1 Å². The van der Waals surface area contributed by atoms with Gasteiger partial charge in [0.05, 0.1) is 5.69 Å². The fourth-order valence-electron chi connectivity index (χ4n) is 1.34. The van der Waals surface area contributed by atoms with Gasteiger partial charge in [-0.25, -0.2) is 4.79 Å². The number of carbonyl (C=O) groups excluding carboxylic acids is 1.